The molecule has 1 amide bonds. The molecule has 2 atom stereocenters. The van der Waals surface area contributed by atoms with Crippen LogP contribution in [0.5, 0.6) is 5.75 Å². The molecule has 0 radical (unpaired) electrons. The van der Waals surface area contributed by atoms with Crippen molar-refractivity contribution in [1.82, 2.24) is 20.3 Å². The highest BCUT2D eigenvalue weighted by Gasteiger charge is 2.24. The summed E-state index contributed by atoms with van der Waals surface area (Å²) in [7, 11) is 0. The summed E-state index contributed by atoms with van der Waals surface area (Å²) in [5.74, 6) is -0.296. The minimum Gasteiger partial charge on any atom is -0.492 e. The highest BCUT2D eigenvalue weighted by Crippen LogP contribution is 2.27. The lowest BCUT2D eigenvalue weighted by Gasteiger charge is -2.18. The predicted octanol–water partition coefficient (Wildman–Crippen LogP) is 5.25. The van der Waals surface area contributed by atoms with Crippen LogP contribution in [0.15, 0.2) is 60.2 Å². The highest BCUT2D eigenvalue weighted by molar-refractivity contribution is 7.98. The van der Waals surface area contributed by atoms with Gasteiger partial charge in [0, 0.05) is 23.3 Å². The number of benzene rings is 2. The van der Waals surface area contributed by atoms with Crippen LogP contribution in [0.2, 0.25) is 0 Å². The van der Waals surface area contributed by atoms with E-state index >= 15 is 0 Å². The molecule has 2 heterocycles. The van der Waals surface area contributed by atoms with Crippen LogP contribution >= 0.6 is 23.1 Å². The summed E-state index contributed by atoms with van der Waals surface area (Å²) >= 11 is 3.02. The number of carboxylic acids is 1. The summed E-state index contributed by atoms with van der Waals surface area (Å²) in [4.78, 5) is 37.4. The zero-order valence-corrected chi connectivity index (χ0v) is 23.9. The average molecular weight is 583 g/mol. The fourth-order valence-corrected chi connectivity index (χ4v) is 5.40. The van der Waals surface area contributed by atoms with Crippen molar-refractivity contribution in [3.05, 3.63) is 99.3 Å². The van der Waals surface area contributed by atoms with Gasteiger partial charge in [0.05, 0.1) is 5.69 Å². The molecule has 0 saturated heterocycles. The number of imidazole rings is 1. The molecule has 40 heavy (non-hydrogen) atoms. The van der Waals surface area contributed by atoms with Gasteiger partial charge >= 0.3 is 5.97 Å². The number of aromatic nitrogens is 3. The number of aromatic amines is 1. The van der Waals surface area contributed by atoms with E-state index in [1.807, 2.05) is 30.8 Å². The maximum absolute atomic E-state index is 13.4. The number of hydrogen-bond donors (Lipinski definition) is 3. The number of rotatable bonds is 14. The zero-order chi connectivity index (χ0) is 28.5. The number of halogens is 1. The highest BCUT2D eigenvalue weighted by atomic mass is 32.2. The van der Waals surface area contributed by atoms with E-state index in [4.69, 9.17) is 4.74 Å². The number of carbonyl (C=O) groups excluding carboxylic acids is 1. The van der Waals surface area contributed by atoms with Crippen LogP contribution in [0.3, 0.4) is 0 Å². The number of aliphatic carboxylic acids is 1. The van der Waals surface area contributed by atoms with Gasteiger partial charge in [-0.15, -0.1) is 11.3 Å². The Labute approximate surface area is 240 Å². The van der Waals surface area contributed by atoms with Crippen molar-refractivity contribution in [2.24, 2.45) is 0 Å². The lowest BCUT2D eigenvalue weighted by molar-refractivity contribution is -0.139. The van der Waals surface area contributed by atoms with Gasteiger partial charge < -0.3 is 20.1 Å². The van der Waals surface area contributed by atoms with Gasteiger partial charge in [-0.25, -0.2) is 19.2 Å². The Kier molecular flexibility index (Phi) is 10.3. The molecule has 0 saturated carbocycles. The molecule has 0 aliphatic rings. The molecule has 11 heteroatoms. The van der Waals surface area contributed by atoms with E-state index in [2.05, 4.69) is 20.3 Å². The Bertz CT molecular complexity index is 1410. The fourth-order valence-electron chi connectivity index (χ4n) is 4.20. The number of carboxylic acid groups (broad SMARTS) is 1. The lowest BCUT2D eigenvalue weighted by atomic mass is 9.98. The molecule has 0 aliphatic heterocycles. The molecular weight excluding hydrogens is 551 g/mol. The van der Waals surface area contributed by atoms with Crippen LogP contribution in [0, 0.1) is 12.7 Å². The van der Waals surface area contributed by atoms with Crippen molar-refractivity contribution < 1.29 is 23.8 Å². The molecule has 0 spiro atoms. The molecule has 4 aromatic rings. The third-order valence-electron chi connectivity index (χ3n) is 6.36. The summed E-state index contributed by atoms with van der Waals surface area (Å²) in [5, 5.41) is 15.1. The second-order valence-corrected chi connectivity index (χ2v) is 11.2. The number of hydrogen-bond acceptors (Lipinski definition) is 7. The molecule has 4 rings (SSSR count). The van der Waals surface area contributed by atoms with Crippen LogP contribution in [0.25, 0.3) is 0 Å². The van der Waals surface area contributed by atoms with Gasteiger partial charge in [-0.1, -0.05) is 18.2 Å². The summed E-state index contributed by atoms with van der Waals surface area (Å²) < 4.78 is 19.5. The van der Waals surface area contributed by atoms with E-state index in [0.717, 1.165) is 27.7 Å². The van der Waals surface area contributed by atoms with Crippen LogP contribution in [-0.2, 0) is 17.6 Å². The van der Waals surface area contributed by atoms with Crippen molar-refractivity contribution in [2.75, 3.05) is 18.6 Å². The molecule has 2 aromatic heterocycles. The number of thioether (sulfide) groups is 1. The number of carbonyl (C=O) groups is 2. The Morgan fingerprint density at radius 3 is 2.65 bits per heavy atom. The van der Waals surface area contributed by atoms with E-state index in [1.54, 1.807) is 30.5 Å². The van der Waals surface area contributed by atoms with E-state index in [1.165, 1.54) is 35.2 Å². The van der Waals surface area contributed by atoms with Crippen molar-refractivity contribution in [2.45, 2.75) is 38.1 Å². The lowest BCUT2D eigenvalue weighted by Crippen LogP contribution is -2.41. The molecule has 210 valence electrons. The zero-order valence-electron chi connectivity index (χ0n) is 22.2. The first kappa shape index (κ1) is 29.3. The summed E-state index contributed by atoms with van der Waals surface area (Å²) in [6.07, 6.45) is 6.84. The number of aryl methyl sites for hydroxylation is 3. The first-order chi connectivity index (χ1) is 19.3. The normalized spacial score (nSPS) is 12.6. The van der Waals surface area contributed by atoms with Crippen molar-refractivity contribution in [3.63, 3.8) is 0 Å². The van der Waals surface area contributed by atoms with Gasteiger partial charge in [0.25, 0.3) is 5.91 Å². The SMILES string of the molecule is CSCC[C@H](NC(=O)c1cc(OCC(c2nc(C)c[nH]2)c2nccs2)ccc1CCc1ccc(F)cc1)C(=O)O. The summed E-state index contributed by atoms with van der Waals surface area (Å²) in [6.45, 7) is 2.14. The molecule has 0 aliphatic carbocycles. The quantitative estimate of drug-likeness (QED) is 0.186. The Balaban J connectivity index is 1.57. The van der Waals surface area contributed by atoms with Crippen LogP contribution in [0.1, 0.15) is 50.3 Å². The van der Waals surface area contributed by atoms with E-state index < -0.39 is 17.9 Å². The molecule has 8 nitrogen and oxygen atoms in total. The van der Waals surface area contributed by atoms with Gasteiger partial charge in [0.1, 0.15) is 41.0 Å². The molecular formula is C29H31FN4O4S2. The predicted molar refractivity (Wildman–Crippen MR) is 155 cm³/mol. The number of thiazole rings is 1. The van der Waals surface area contributed by atoms with Crippen LogP contribution in [0.4, 0.5) is 4.39 Å². The number of nitrogens with one attached hydrogen (secondary N) is 2. The molecule has 0 fully saturated rings. The molecule has 2 aromatic carbocycles. The van der Waals surface area contributed by atoms with Gasteiger partial charge in [-0.3, -0.25) is 4.79 Å². The number of ether oxygens (including phenoxy) is 1. The molecule has 1 unspecified atom stereocenters. The maximum Gasteiger partial charge on any atom is 0.326 e. The van der Waals surface area contributed by atoms with Crippen molar-refractivity contribution >= 4 is 35.0 Å². The maximum atomic E-state index is 13.4. The topological polar surface area (TPSA) is 117 Å². The third-order valence-corrected chi connectivity index (χ3v) is 7.89. The van der Waals surface area contributed by atoms with E-state index in [-0.39, 0.29) is 18.3 Å². The minimum atomic E-state index is -1.08. The average Bonchev–Trinajstić information content (AvgIpc) is 3.63. The fraction of sp³-hybridized carbons (Fsp3) is 0.310. The van der Waals surface area contributed by atoms with Gasteiger partial charge in [-0.2, -0.15) is 11.8 Å². The van der Waals surface area contributed by atoms with Crippen LogP contribution < -0.4 is 10.1 Å². The summed E-state index contributed by atoms with van der Waals surface area (Å²) in [5.41, 5.74) is 2.86. The molecule has 3 N–H and O–H groups in total. The largest absolute Gasteiger partial charge is 0.492 e. The smallest absolute Gasteiger partial charge is 0.326 e. The second-order valence-electron chi connectivity index (χ2n) is 9.25. The Morgan fingerprint density at radius 1 is 1.20 bits per heavy atom. The Morgan fingerprint density at radius 2 is 2.00 bits per heavy atom. The van der Waals surface area contributed by atoms with E-state index in [9.17, 15) is 19.1 Å². The number of H-pyrrole nitrogens is 1. The molecule has 0 bridgehead atoms. The third kappa shape index (κ3) is 7.92. The summed E-state index contributed by atoms with van der Waals surface area (Å²) in [6, 6.07) is 10.5. The van der Waals surface area contributed by atoms with Crippen LogP contribution in [-0.4, -0.2) is 56.6 Å². The first-order valence-corrected chi connectivity index (χ1v) is 15.1. The monoisotopic (exact) mass is 582 g/mol. The van der Waals surface area contributed by atoms with Crippen molar-refractivity contribution in [3.8, 4) is 5.75 Å². The Hall–Kier alpha value is -3.70. The minimum absolute atomic E-state index is 0.230. The first-order valence-electron chi connectivity index (χ1n) is 12.8. The number of nitrogens with zero attached hydrogens (tertiary/aromatic N) is 2. The van der Waals surface area contributed by atoms with Gasteiger partial charge in [-0.05, 0) is 73.6 Å². The van der Waals surface area contributed by atoms with Crippen molar-refractivity contribution in [1.29, 1.82) is 0 Å². The standard InChI is InChI=1S/C29H31FN4O4S2/c1-18-16-32-26(33-18)24(28-31-12-14-40-28)17-38-22-10-7-20(6-3-19-4-8-21(30)9-5-19)23(15-22)27(35)34-25(29(36)37)11-13-39-2/h4-5,7-10,12,14-16,24-25H,3,6,11,13,17H2,1-2H3,(H,32,33)(H,34,35)(H,36,37)/t24?,25-/m0/s1. The second kappa shape index (κ2) is 14.1. The van der Waals surface area contributed by atoms with Gasteiger partial charge in [0.2, 0.25) is 0 Å². The van der Waals surface area contributed by atoms with Gasteiger partial charge in [0.15, 0.2) is 0 Å². The van der Waals surface area contributed by atoms with E-state index in [0.29, 0.717) is 36.3 Å². The number of amides is 1.